The zero-order valence-corrected chi connectivity index (χ0v) is 28.6. The largest absolute Gasteiger partial charge is 0.497 e. The van der Waals surface area contributed by atoms with E-state index in [0.717, 1.165) is 42.5 Å². The van der Waals surface area contributed by atoms with Crippen LogP contribution in [0.4, 0.5) is 0 Å². The normalized spacial score (nSPS) is 30.1. The van der Waals surface area contributed by atoms with Crippen LogP contribution in [0.2, 0.25) is 0 Å². The Hall–Kier alpha value is -3.65. The minimum absolute atomic E-state index is 0.119. The van der Waals surface area contributed by atoms with Gasteiger partial charge in [0.25, 0.3) is 5.91 Å². The van der Waals surface area contributed by atoms with E-state index in [1.54, 1.807) is 23.8 Å². The highest BCUT2D eigenvalue weighted by molar-refractivity contribution is 8.12. The van der Waals surface area contributed by atoms with Crippen molar-refractivity contribution in [3.8, 4) is 11.5 Å². The maximum absolute atomic E-state index is 14.1. The molecule has 2 aliphatic carbocycles. The highest BCUT2D eigenvalue weighted by Gasteiger charge is 2.62. The molecule has 2 N–H and O–H groups in total. The number of sulfonamides is 1. The smallest absolute Gasteiger partial charge is 0.259 e. The summed E-state index contributed by atoms with van der Waals surface area (Å²) in [6, 6.07) is 6.46. The number of thioether (sulfide) groups is 1. The maximum Gasteiger partial charge on any atom is 0.259 e. The second-order valence-electron chi connectivity index (χ2n) is 13.4. The number of pyridine rings is 1. The molecule has 48 heavy (non-hydrogen) atoms. The highest BCUT2D eigenvalue weighted by Crippen LogP contribution is 2.46. The molecule has 3 fully saturated rings. The summed E-state index contributed by atoms with van der Waals surface area (Å²) >= 11 is 1.62. The molecule has 7 rings (SSSR count). The predicted octanol–water partition coefficient (Wildman–Crippen LogP) is 3.80. The first-order valence-electron chi connectivity index (χ1n) is 16.8. The van der Waals surface area contributed by atoms with Gasteiger partial charge in [-0.15, -0.1) is 11.8 Å². The average Bonchev–Trinajstić information content (AvgIpc) is 3.93. The fourth-order valence-electron chi connectivity index (χ4n) is 6.90. The van der Waals surface area contributed by atoms with Gasteiger partial charge in [-0.3, -0.25) is 29.1 Å². The summed E-state index contributed by atoms with van der Waals surface area (Å²) in [5.74, 6) is 0.327. The lowest BCUT2D eigenvalue weighted by atomic mass is 10.1. The van der Waals surface area contributed by atoms with Gasteiger partial charge in [0, 0.05) is 42.0 Å². The fourth-order valence-corrected chi connectivity index (χ4v) is 9.02. The number of nitrogens with zero attached hydrogens (tertiary/aromatic N) is 3. The van der Waals surface area contributed by atoms with Gasteiger partial charge in [0.2, 0.25) is 21.8 Å². The Kier molecular flexibility index (Phi) is 9.14. The van der Waals surface area contributed by atoms with Crippen LogP contribution in [0.15, 0.2) is 41.4 Å². The molecule has 2 aromatic rings. The van der Waals surface area contributed by atoms with Crippen molar-refractivity contribution in [3.63, 3.8) is 0 Å². The lowest BCUT2D eigenvalue weighted by Gasteiger charge is -2.26. The standard InChI is InChI=1S/C34H41N5O7S2/c1-45-22-10-13-25-26(14-22)36-27(28-19-47-20-35-28)16-30(25)46-23-15-29-32(41)37-34(33(42)38-48(43,44)24-11-12-24)17-21(34)8-6-4-2-3-5-7-9-31(40)39(29)18-23/h6,8,10,13-14,16,20-21,23-24,28-29H,2-5,7,9,11-12,15,17-19H2,1H3,(H,37,41)(H,38,42)/b8-6-/t21-,23-,28?,29+,34-/m1/s1. The number of nitrogens with one attached hydrogen (secondary N) is 2. The lowest BCUT2D eigenvalue weighted by molar-refractivity contribution is -0.139. The number of benzene rings is 1. The Labute approximate surface area is 284 Å². The van der Waals surface area contributed by atoms with Gasteiger partial charge in [0.1, 0.15) is 35.2 Å². The number of fused-ring (bicyclic) bond motifs is 3. The molecule has 4 heterocycles. The van der Waals surface area contributed by atoms with E-state index < -0.39 is 44.8 Å². The van der Waals surface area contributed by atoms with Crippen molar-refractivity contribution in [1.29, 1.82) is 0 Å². The first-order chi connectivity index (χ1) is 23.2. The fraction of sp³-hybridized carbons (Fsp3) is 0.559. The van der Waals surface area contributed by atoms with Crippen LogP contribution in [0.1, 0.15) is 75.9 Å². The third kappa shape index (κ3) is 6.78. The van der Waals surface area contributed by atoms with Gasteiger partial charge in [-0.1, -0.05) is 25.0 Å². The summed E-state index contributed by atoms with van der Waals surface area (Å²) in [6.07, 6.45) is 9.59. The molecular formula is C34H41N5O7S2. The molecule has 1 saturated heterocycles. The maximum atomic E-state index is 14.1. The summed E-state index contributed by atoms with van der Waals surface area (Å²) < 4.78 is 39.7. The molecule has 1 aromatic heterocycles. The average molecular weight is 696 g/mol. The summed E-state index contributed by atoms with van der Waals surface area (Å²) in [5.41, 5.74) is 1.88. The van der Waals surface area contributed by atoms with E-state index in [9.17, 15) is 22.8 Å². The zero-order valence-electron chi connectivity index (χ0n) is 26.9. The molecular weight excluding hydrogens is 655 g/mol. The van der Waals surface area contributed by atoms with Crippen molar-refractivity contribution in [2.75, 3.05) is 19.4 Å². The second kappa shape index (κ2) is 13.3. The number of carbonyl (C=O) groups is 3. The van der Waals surface area contributed by atoms with Crippen molar-refractivity contribution in [2.45, 2.75) is 93.2 Å². The number of hydrogen-bond donors (Lipinski definition) is 2. The third-order valence-corrected chi connectivity index (χ3v) is 12.5. The van der Waals surface area contributed by atoms with Gasteiger partial charge >= 0.3 is 0 Å². The van der Waals surface area contributed by atoms with Crippen LogP contribution in [0.3, 0.4) is 0 Å². The topological polar surface area (TPSA) is 156 Å². The first-order valence-corrected chi connectivity index (χ1v) is 19.4. The van der Waals surface area contributed by atoms with Crippen molar-refractivity contribution in [3.05, 3.63) is 42.1 Å². The van der Waals surface area contributed by atoms with Crippen LogP contribution >= 0.6 is 11.8 Å². The quantitative estimate of drug-likeness (QED) is 0.412. The van der Waals surface area contributed by atoms with Crippen LogP contribution in [-0.2, 0) is 24.4 Å². The number of carbonyl (C=O) groups excluding carboxylic acids is 3. The van der Waals surface area contributed by atoms with Crippen molar-refractivity contribution >= 4 is 56.0 Å². The van der Waals surface area contributed by atoms with Crippen LogP contribution in [0.5, 0.6) is 11.5 Å². The van der Waals surface area contributed by atoms with Gasteiger partial charge in [-0.25, -0.2) is 8.42 Å². The Bertz CT molecular complexity index is 1780. The summed E-state index contributed by atoms with van der Waals surface area (Å²) in [5, 5.41) is 3.12. The van der Waals surface area contributed by atoms with Crippen LogP contribution < -0.4 is 19.5 Å². The number of rotatable bonds is 7. The number of hydrogen-bond acceptors (Lipinski definition) is 10. The number of amides is 3. The van der Waals surface area contributed by atoms with E-state index in [4.69, 9.17) is 14.5 Å². The monoisotopic (exact) mass is 695 g/mol. The molecule has 1 aromatic carbocycles. The molecule has 2 saturated carbocycles. The molecule has 0 spiro atoms. The molecule has 3 amide bonds. The van der Waals surface area contributed by atoms with Crippen LogP contribution in [0, 0.1) is 5.92 Å². The van der Waals surface area contributed by atoms with Gasteiger partial charge in [0.15, 0.2) is 0 Å². The molecule has 256 valence electrons. The predicted molar refractivity (Wildman–Crippen MR) is 182 cm³/mol. The summed E-state index contributed by atoms with van der Waals surface area (Å²) in [7, 11) is -2.22. The molecule has 5 atom stereocenters. The Morgan fingerprint density at radius 1 is 1.15 bits per heavy atom. The Morgan fingerprint density at radius 2 is 1.98 bits per heavy atom. The van der Waals surface area contributed by atoms with E-state index in [2.05, 4.69) is 15.0 Å². The Morgan fingerprint density at radius 3 is 2.75 bits per heavy atom. The summed E-state index contributed by atoms with van der Waals surface area (Å²) in [4.78, 5) is 52.3. The van der Waals surface area contributed by atoms with Gasteiger partial charge in [0.05, 0.1) is 35.7 Å². The lowest BCUT2D eigenvalue weighted by Crippen LogP contribution is -2.56. The number of methoxy groups -OCH3 is 1. The van der Waals surface area contributed by atoms with Crippen molar-refractivity contribution in [2.24, 2.45) is 10.9 Å². The third-order valence-electron chi connectivity index (χ3n) is 9.93. The van der Waals surface area contributed by atoms with E-state index in [1.165, 1.54) is 0 Å². The number of allylic oxidation sites excluding steroid dienone is 1. The minimum Gasteiger partial charge on any atom is -0.497 e. The molecule has 3 aliphatic heterocycles. The van der Waals surface area contributed by atoms with Crippen molar-refractivity contribution < 1.29 is 32.3 Å². The molecule has 5 aliphatic rings. The second-order valence-corrected chi connectivity index (χ2v) is 16.2. The highest BCUT2D eigenvalue weighted by atomic mass is 32.2. The number of aromatic nitrogens is 1. The molecule has 12 nitrogen and oxygen atoms in total. The van der Waals surface area contributed by atoms with Gasteiger partial charge < -0.3 is 19.7 Å². The van der Waals surface area contributed by atoms with E-state index in [-0.39, 0.29) is 30.8 Å². The van der Waals surface area contributed by atoms with Crippen molar-refractivity contribution in [1.82, 2.24) is 19.9 Å². The zero-order chi connectivity index (χ0) is 33.5. The molecule has 1 unspecified atom stereocenters. The van der Waals surface area contributed by atoms with E-state index in [0.29, 0.717) is 49.1 Å². The molecule has 14 heteroatoms. The number of ether oxygens (including phenoxy) is 2. The molecule has 0 radical (unpaired) electrons. The van der Waals surface area contributed by atoms with E-state index >= 15 is 0 Å². The number of aliphatic imine (C=N–C) groups is 1. The Balaban J connectivity index is 1.16. The molecule has 0 bridgehead atoms. The van der Waals surface area contributed by atoms with Crippen LogP contribution in [0.25, 0.3) is 10.9 Å². The van der Waals surface area contributed by atoms with Gasteiger partial charge in [-0.05, 0) is 50.7 Å². The van der Waals surface area contributed by atoms with Crippen LogP contribution in [-0.4, -0.2) is 83.9 Å². The summed E-state index contributed by atoms with van der Waals surface area (Å²) in [6.45, 7) is 0.197. The van der Waals surface area contributed by atoms with Gasteiger partial charge in [-0.2, -0.15) is 0 Å². The minimum atomic E-state index is -3.81. The SMILES string of the molecule is COc1ccc2c(O[C@@H]3C[C@H]4C(=O)N[C@]5(C(=O)NS(=O)(=O)C6CC6)C[C@H]5/C=C\CCCCCCC(=O)N4C3)cc(C3CSC=N3)nc2c1. The van der Waals surface area contributed by atoms with E-state index in [1.807, 2.05) is 42.0 Å². The first kappa shape index (κ1) is 32.9.